The van der Waals surface area contributed by atoms with Crippen molar-refractivity contribution in [1.82, 2.24) is 5.32 Å². The standard InChI is InChI=1S/C19H24N2O5/c1-4-13(5-2)11-26-19(23)18-12(3)20-17(22)10-16(18)14-6-8-15(9-7-14)21(24)25/h6-9,13,16H,4-5,10-11H2,1-3H3,(H,20,22). The molecule has 1 atom stereocenters. The third-order valence-corrected chi connectivity index (χ3v) is 4.80. The third-order valence-electron chi connectivity index (χ3n) is 4.80. The molecule has 26 heavy (non-hydrogen) atoms. The number of nitro benzene ring substituents is 1. The van der Waals surface area contributed by atoms with Gasteiger partial charge >= 0.3 is 5.97 Å². The molecule has 1 aromatic rings. The van der Waals surface area contributed by atoms with Gasteiger partial charge < -0.3 is 10.1 Å². The van der Waals surface area contributed by atoms with Gasteiger partial charge in [0.2, 0.25) is 5.91 Å². The predicted octanol–water partition coefficient (Wildman–Crippen LogP) is 3.45. The molecule has 140 valence electrons. The van der Waals surface area contributed by atoms with Crippen LogP contribution in [0.2, 0.25) is 0 Å². The van der Waals surface area contributed by atoms with Crippen LogP contribution in [0.15, 0.2) is 35.5 Å². The fourth-order valence-corrected chi connectivity index (χ4v) is 3.08. The van der Waals surface area contributed by atoms with E-state index in [4.69, 9.17) is 4.74 Å². The van der Waals surface area contributed by atoms with Gasteiger partial charge in [-0.15, -0.1) is 0 Å². The van der Waals surface area contributed by atoms with Gasteiger partial charge in [0.15, 0.2) is 0 Å². The molecule has 0 spiro atoms. The molecule has 1 N–H and O–H groups in total. The van der Waals surface area contributed by atoms with Crippen LogP contribution >= 0.6 is 0 Å². The molecular weight excluding hydrogens is 336 g/mol. The van der Waals surface area contributed by atoms with Gasteiger partial charge in [0, 0.05) is 30.2 Å². The Labute approximate surface area is 152 Å². The first-order valence-corrected chi connectivity index (χ1v) is 8.79. The summed E-state index contributed by atoms with van der Waals surface area (Å²) in [5.41, 5.74) is 1.52. The molecule has 0 fully saturated rings. The number of ether oxygens (including phenoxy) is 1. The first-order chi connectivity index (χ1) is 12.4. The Morgan fingerprint density at radius 1 is 1.31 bits per heavy atom. The lowest BCUT2D eigenvalue weighted by molar-refractivity contribution is -0.384. The van der Waals surface area contributed by atoms with Crippen LogP contribution in [0.25, 0.3) is 0 Å². The van der Waals surface area contributed by atoms with Gasteiger partial charge in [-0.25, -0.2) is 4.79 Å². The van der Waals surface area contributed by atoms with E-state index in [9.17, 15) is 19.7 Å². The number of rotatable bonds is 7. The SMILES string of the molecule is CCC(CC)COC(=O)C1=C(C)NC(=O)CC1c1ccc([N+](=O)[O-])cc1. The van der Waals surface area contributed by atoms with Crippen molar-refractivity contribution >= 4 is 17.6 Å². The number of carbonyl (C=O) groups is 2. The third kappa shape index (κ3) is 4.47. The fraction of sp³-hybridized carbons (Fsp3) is 0.474. The molecule has 7 heteroatoms. The molecule has 0 aromatic heterocycles. The number of amides is 1. The number of hydrogen-bond donors (Lipinski definition) is 1. The van der Waals surface area contributed by atoms with E-state index in [2.05, 4.69) is 5.32 Å². The number of carbonyl (C=O) groups excluding carboxylic acids is 2. The summed E-state index contributed by atoms with van der Waals surface area (Å²) in [7, 11) is 0. The Morgan fingerprint density at radius 3 is 2.46 bits per heavy atom. The lowest BCUT2D eigenvalue weighted by Gasteiger charge is -2.27. The molecule has 0 radical (unpaired) electrons. The van der Waals surface area contributed by atoms with Crippen molar-refractivity contribution in [2.75, 3.05) is 6.61 Å². The molecule has 0 saturated carbocycles. The summed E-state index contributed by atoms with van der Waals surface area (Å²) in [5.74, 6) is -0.810. The van der Waals surface area contributed by atoms with Crippen molar-refractivity contribution in [1.29, 1.82) is 0 Å². The summed E-state index contributed by atoms with van der Waals surface area (Å²) < 4.78 is 5.49. The van der Waals surface area contributed by atoms with Gasteiger partial charge in [0.1, 0.15) is 0 Å². The fourth-order valence-electron chi connectivity index (χ4n) is 3.08. The largest absolute Gasteiger partial charge is 0.462 e. The van der Waals surface area contributed by atoms with E-state index in [1.54, 1.807) is 19.1 Å². The Hall–Kier alpha value is -2.70. The summed E-state index contributed by atoms with van der Waals surface area (Å²) in [5, 5.41) is 13.5. The van der Waals surface area contributed by atoms with Gasteiger partial charge in [0.25, 0.3) is 5.69 Å². The molecule has 0 saturated heterocycles. The zero-order valence-electron chi connectivity index (χ0n) is 15.3. The van der Waals surface area contributed by atoms with E-state index in [0.29, 0.717) is 29.4 Å². The van der Waals surface area contributed by atoms with E-state index in [0.717, 1.165) is 12.8 Å². The number of esters is 1. The maximum Gasteiger partial charge on any atom is 0.336 e. The van der Waals surface area contributed by atoms with Crippen LogP contribution < -0.4 is 5.32 Å². The molecule has 0 bridgehead atoms. The number of nitrogens with one attached hydrogen (secondary N) is 1. The highest BCUT2D eigenvalue weighted by Gasteiger charge is 2.33. The van der Waals surface area contributed by atoms with Crippen molar-refractivity contribution in [2.24, 2.45) is 5.92 Å². The minimum absolute atomic E-state index is 0.0347. The highest BCUT2D eigenvalue weighted by molar-refractivity contribution is 5.95. The second kappa shape index (κ2) is 8.60. The number of non-ortho nitro benzene ring substituents is 1. The summed E-state index contributed by atoms with van der Waals surface area (Å²) >= 11 is 0. The molecule has 1 unspecified atom stereocenters. The first-order valence-electron chi connectivity index (χ1n) is 8.79. The zero-order valence-corrected chi connectivity index (χ0v) is 15.3. The molecule has 1 aromatic carbocycles. The highest BCUT2D eigenvalue weighted by Crippen LogP contribution is 2.34. The maximum absolute atomic E-state index is 12.7. The maximum atomic E-state index is 12.7. The quantitative estimate of drug-likeness (QED) is 0.456. The number of benzene rings is 1. The highest BCUT2D eigenvalue weighted by atomic mass is 16.6. The van der Waals surface area contributed by atoms with Crippen LogP contribution in [0.4, 0.5) is 5.69 Å². The lowest BCUT2D eigenvalue weighted by atomic mass is 9.84. The Morgan fingerprint density at radius 2 is 1.92 bits per heavy atom. The van der Waals surface area contributed by atoms with Crippen LogP contribution in [-0.4, -0.2) is 23.4 Å². The molecule has 1 aliphatic rings. The Kier molecular flexibility index (Phi) is 6.49. The molecule has 1 heterocycles. The first kappa shape index (κ1) is 19.6. The van der Waals surface area contributed by atoms with Crippen molar-refractivity contribution in [3.63, 3.8) is 0 Å². The van der Waals surface area contributed by atoms with E-state index in [1.807, 2.05) is 13.8 Å². The minimum atomic E-state index is -0.483. The number of nitro groups is 1. The van der Waals surface area contributed by atoms with Gasteiger partial charge in [-0.1, -0.05) is 38.8 Å². The summed E-state index contributed by atoms with van der Waals surface area (Å²) in [4.78, 5) is 35.0. The molecule has 1 amide bonds. The normalized spacial score (nSPS) is 17.2. The second-order valence-corrected chi connectivity index (χ2v) is 6.47. The monoisotopic (exact) mass is 360 g/mol. The van der Waals surface area contributed by atoms with Crippen LogP contribution in [-0.2, 0) is 14.3 Å². The average molecular weight is 360 g/mol. The number of nitrogens with zero attached hydrogens (tertiary/aromatic N) is 1. The second-order valence-electron chi connectivity index (χ2n) is 6.47. The van der Waals surface area contributed by atoms with Gasteiger partial charge in [-0.3, -0.25) is 14.9 Å². The van der Waals surface area contributed by atoms with E-state index < -0.39 is 16.8 Å². The van der Waals surface area contributed by atoms with Crippen LogP contribution in [0.3, 0.4) is 0 Å². The zero-order chi connectivity index (χ0) is 19.3. The topological polar surface area (TPSA) is 98.5 Å². The van der Waals surface area contributed by atoms with Crippen molar-refractivity contribution < 1.29 is 19.2 Å². The molecule has 0 aliphatic carbocycles. The Bertz CT molecular complexity index is 720. The lowest BCUT2D eigenvalue weighted by Crippen LogP contribution is -2.34. The molecular formula is C19H24N2O5. The van der Waals surface area contributed by atoms with E-state index in [1.165, 1.54) is 12.1 Å². The van der Waals surface area contributed by atoms with Crippen molar-refractivity contribution in [2.45, 2.75) is 46.0 Å². The average Bonchev–Trinajstić information content (AvgIpc) is 2.61. The van der Waals surface area contributed by atoms with Crippen LogP contribution in [0.5, 0.6) is 0 Å². The van der Waals surface area contributed by atoms with Gasteiger partial charge in [-0.05, 0) is 18.4 Å². The molecule has 7 nitrogen and oxygen atoms in total. The number of hydrogen-bond acceptors (Lipinski definition) is 5. The molecule has 1 aliphatic heterocycles. The van der Waals surface area contributed by atoms with Crippen molar-refractivity contribution in [3.05, 3.63) is 51.2 Å². The van der Waals surface area contributed by atoms with Gasteiger partial charge in [-0.2, -0.15) is 0 Å². The van der Waals surface area contributed by atoms with Crippen molar-refractivity contribution in [3.8, 4) is 0 Å². The van der Waals surface area contributed by atoms with Crippen LogP contribution in [0, 0.1) is 16.0 Å². The number of allylic oxidation sites excluding steroid dienone is 1. The molecule has 2 rings (SSSR count). The smallest absolute Gasteiger partial charge is 0.336 e. The van der Waals surface area contributed by atoms with Gasteiger partial charge in [0.05, 0.1) is 17.1 Å². The van der Waals surface area contributed by atoms with E-state index >= 15 is 0 Å². The summed E-state index contributed by atoms with van der Waals surface area (Å²) in [6, 6.07) is 5.93. The summed E-state index contributed by atoms with van der Waals surface area (Å²) in [6.45, 7) is 6.10. The van der Waals surface area contributed by atoms with E-state index in [-0.39, 0.29) is 18.0 Å². The predicted molar refractivity (Wildman–Crippen MR) is 96.3 cm³/mol. The minimum Gasteiger partial charge on any atom is -0.462 e. The van der Waals surface area contributed by atoms with Crippen LogP contribution in [0.1, 0.15) is 51.5 Å². The Balaban J connectivity index is 2.27. The summed E-state index contributed by atoms with van der Waals surface area (Å²) in [6.07, 6.45) is 1.94.